The first kappa shape index (κ1) is 12.4. The van der Waals surface area contributed by atoms with Gasteiger partial charge in [-0.3, -0.25) is 4.79 Å². The maximum absolute atomic E-state index is 13.3. The molecule has 0 bridgehead atoms. The average molecular weight is 246 g/mol. The largest absolute Gasteiger partial charge is 0.357 e. The molecule has 1 amide bonds. The fourth-order valence-electron chi connectivity index (χ4n) is 1.74. The predicted octanol–water partition coefficient (Wildman–Crippen LogP) is 2.02. The summed E-state index contributed by atoms with van der Waals surface area (Å²) in [5, 5.41) is 2.77. The maximum atomic E-state index is 13.3. The van der Waals surface area contributed by atoms with Crippen molar-refractivity contribution in [2.75, 3.05) is 0 Å². The number of nitrogens with one attached hydrogen (secondary N) is 1. The monoisotopic (exact) mass is 246 g/mol. The van der Waals surface area contributed by atoms with Gasteiger partial charge in [0.2, 0.25) is 5.91 Å². The summed E-state index contributed by atoms with van der Waals surface area (Å²) < 4.78 is 15.2. The zero-order valence-electron chi connectivity index (χ0n) is 10.2. The van der Waals surface area contributed by atoms with Crippen LogP contribution < -0.4 is 5.32 Å². The summed E-state index contributed by atoms with van der Waals surface area (Å²) in [6, 6.07) is 8.25. The number of aryl methyl sites for hydroxylation is 1. The summed E-state index contributed by atoms with van der Waals surface area (Å²) >= 11 is 0. The molecule has 0 aliphatic rings. The molecule has 3 nitrogen and oxygen atoms in total. The molecule has 2 aromatic rings. The van der Waals surface area contributed by atoms with E-state index in [0.29, 0.717) is 12.1 Å². The minimum absolute atomic E-state index is 0.0690. The van der Waals surface area contributed by atoms with E-state index in [1.54, 1.807) is 18.2 Å². The summed E-state index contributed by atoms with van der Waals surface area (Å²) in [6.07, 6.45) is 3.92. The van der Waals surface area contributed by atoms with Gasteiger partial charge < -0.3 is 9.88 Å². The Morgan fingerprint density at radius 2 is 2.11 bits per heavy atom. The molecule has 0 atom stereocenters. The molecule has 0 fully saturated rings. The van der Waals surface area contributed by atoms with Gasteiger partial charge in [0.25, 0.3) is 0 Å². The fourth-order valence-corrected chi connectivity index (χ4v) is 1.74. The van der Waals surface area contributed by atoms with E-state index in [0.717, 1.165) is 5.56 Å². The van der Waals surface area contributed by atoms with Crippen molar-refractivity contribution in [3.63, 3.8) is 0 Å². The molecule has 94 valence electrons. The van der Waals surface area contributed by atoms with Gasteiger partial charge in [0.1, 0.15) is 5.82 Å². The van der Waals surface area contributed by atoms with Crippen LogP contribution in [0.5, 0.6) is 0 Å². The number of carbonyl (C=O) groups is 1. The molecule has 18 heavy (non-hydrogen) atoms. The molecule has 1 N–H and O–H groups in total. The highest BCUT2D eigenvalue weighted by atomic mass is 19.1. The van der Waals surface area contributed by atoms with Crippen molar-refractivity contribution in [3.05, 3.63) is 59.7 Å². The number of hydrogen-bond acceptors (Lipinski definition) is 1. The quantitative estimate of drug-likeness (QED) is 0.880. The van der Waals surface area contributed by atoms with E-state index < -0.39 is 0 Å². The van der Waals surface area contributed by atoms with Crippen LogP contribution in [-0.2, 0) is 24.8 Å². The van der Waals surface area contributed by atoms with Crippen molar-refractivity contribution in [1.29, 1.82) is 0 Å². The third-order valence-corrected chi connectivity index (χ3v) is 2.69. The smallest absolute Gasteiger partial charge is 0.224 e. The SMILES string of the molecule is Cn1ccc(CNC(=O)Cc2ccccc2F)c1. The molecule has 0 saturated carbocycles. The topological polar surface area (TPSA) is 34.0 Å². The molecule has 1 heterocycles. The molecule has 0 unspecified atom stereocenters. The van der Waals surface area contributed by atoms with Crippen LogP contribution in [0.1, 0.15) is 11.1 Å². The van der Waals surface area contributed by atoms with Gasteiger partial charge in [-0.15, -0.1) is 0 Å². The van der Waals surface area contributed by atoms with Crippen molar-refractivity contribution in [2.45, 2.75) is 13.0 Å². The van der Waals surface area contributed by atoms with Crippen LogP contribution in [0.4, 0.5) is 4.39 Å². The van der Waals surface area contributed by atoms with E-state index in [9.17, 15) is 9.18 Å². The first-order valence-electron chi connectivity index (χ1n) is 5.76. The lowest BCUT2D eigenvalue weighted by molar-refractivity contribution is -0.120. The van der Waals surface area contributed by atoms with E-state index in [-0.39, 0.29) is 18.1 Å². The van der Waals surface area contributed by atoms with Crippen LogP contribution in [-0.4, -0.2) is 10.5 Å². The molecule has 1 aromatic carbocycles. The van der Waals surface area contributed by atoms with Crippen LogP contribution in [0, 0.1) is 5.82 Å². The van der Waals surface area contributed by atoms with Crippen molar-refractivity contribution in [2.24, 2.45) is 7.05 Å². The molecule has 0 aliphatic carbocycles. The second-order valence-corrected chi connectivity index (χ2v) is 4.23. The van der Waals surface area contributed by atoms with Crippen LogP contribution in [0.15, 0.2) is 42.7 Å². The lowest BCUT2D eigenvalue weighted by Crippen LogP contribution is -2.24. The van der Waals surface area contributed by atoms with Crippen molar-refractivity contribution in [3.8, 4) is 0 Å². The van der Waals surface area contributed by atoms with Crippen molar-refractivity contribution < 1.29 is 9.18 Å². The normalized spacial score (nSPS) is 10.3. The van der Waals surface area contributed by atoms with Crippen LogP contribution in [0.3, 0.4) is 0 Å². The van der Waals surface area contributed by atoms with Crippen LogP contribution in [0.2, 0.25) is 0 Å². The van der Waals surface area contributed by atoms with Gasteiger partial charge >= 0.3 is 0 Å². The van der Waals surface area contributed by atoms with Crippen molar-refractivity contribution >= 4 is 5.91 Å². The van der Waals surface area contributed by atoms with Gasteiger partial charge in [-0.25, -0.2) is 4.39 Å². The molecular weight excluding hydrogens is 231 g/mol. The molecule has 1 aromatic heterocycles. The Morgan fingerprint density at radius 1 is 1.33 bits per heavy atom. The lowest BCUT2D eigenvalue weighted by Gasteiger charge is -2.04. The Bertz CT molecular complexity index is 548. The number of benzene rings is 1. The second kappa shape index (κ2) is 5.49. The van der Waals surface area contributed by atoms with Gasteiger partial charge in [-0.2, -0.15) is 0 Å². The highest BCUT2D eigenvalue weighted by molar-refractivity contribution is 5.78. The summed E-state index contributed by atoms with van der Waals surface area (Å²) in [7, 11) is 1.92. The third-order valence-electron chi connectivity index (χ3n) is 2.69. The minimum Gasteiger partial charge on any atom is -0.357 e. The van der Waals surface area contributed by atoms with Crippen LogP contribution in [0.25, 0.3) is 0 Å². The Balaban J connectivity index is 1.88. The molecule has 4 heteroatoms. The third kappa shape index (κ3) is 3.20. The summed E-state index contributed by atoms with van der Waals surface area (Å²) in [5.41, 5.74) is 1.45. The zero-order chi connectivity index (χ0) is 13.0. The number of rotatable bonds is 4. The predicted molar refractivity (Wildman–Crippen MR) is 67.4 cm³/mol. The number of carbonyl (C=O) groups excluding carboxylic acids is 1. The van der Waals surface area contributed by atoms with E-state index in [1.807, 2.05) is 30.1 Å². The highest BCUT2D eigenvalue weighted by Gasteiger charge is 2.07. The fraction of sp³-hybridized carbons (Fsp3) is 0.214. The van der Waals surface area contributed by atoms with E-state index in [4.69, 9.17) is 0 Å². The number of amides is 1. The second-order valence-electron chi connectivity index (χ2n) is 4.23. The Morgan fingerprint density at radius 3 is 2.78 bits per heavy atom. The van der Waals surface area contributed by atoms with Gasteiger partial charge in [0.15, 0.2) is 0 Å². The van der Waals surface area contributed by atoms with Gasteiger partial charge in [-0.1, -0.05) is 18.2 Å². The van der Waals surface area contributed by atoms with Gasteiger partial charge in [0, 0.05) is 26.0 Å². The number of nitrogens with zero attached hydrogens (tertiary/aromatic N) is 1. The molecular formula is C14H15FN2O. The summed E-state index contributed by atoms with van der Waals surface area (Å²) in [4.78, 5) is 11.7. The average Bonchev–Trinajstić information content (AvgIpc) is 2.76. The zero-order valence-corrected chi connectivity index (χ0v) is 10.2. The Labute approximate surface area is 105 Å². The van der Waals surface area contributed by atoms with Gasteiger partial charge in [-0.05, 0) is 23.3 Å². The molecule has 0 saturated heterocycles. The number of hydrogen-bond donors (Lipinski definition) is 1. The standard InChI is InChI=1S/C14H15FN2O/c1-17-7-6-11(10-17)9-16-14(18)8-12-4-2-3-5-13(12)15/h2-7,10H,8-9H2,1H3,(H,16,18). The van der Waals surface area contributed by atoms with E-state index >= 15 is 0 Å². The Kier molecular flexibility index (Phi) is 3.77. The molecule has 0 radical (unpaired) electrons. The molecule has 2 rings (SSSR count). The molecule has 0 spiro atoms. The first-order chi connectivity index (χ1) is 8.65. The summed E-state index contributed by atoms with van der Waals surface area (Å²) in [6.45, 7) is 0.466. The maximum Gasteiger partial charge on any atom is 0.224 e. The number of aromatic nitrogens is 1. The Hall–Kier alpha value is -2.10. The summed E-state index contributed by atoms with van der Waals surface area (Å²) in [5.74, 6) is -0.517. The van der Waals surface area contributed by atoms with E-state index in [1.165, 1.54) is 6.07 Å². The van der Waals surface area contributed by atoms with Crippen LogP contribution >= 0.6 is 0 Å². The first-order valence-corrected chi connectivity index (χ1v) is 5.76. The van der Waals surface area contributed by atoms with Crippen molar-refractivity contribution in [1.82, 2.24) is 9.88 Å². The van der Waals surface area contributed by atoms with E-state index in [2.05, 4.69) is 5.32 Å². The lowest BCUT2D eigenvalue weighted by atomic mass is 10.1. The minimum atomic E-state index is -0.340. The molecule has 0 aliphatic heterocycles. The number of halogens is 1. The highest BCUT2D eigenvalue weighted by Crippen LogP contribution is 2.07. The van der Waals surface area contributed by atoms with Gasteiger partial charge in [0.05, 0.1) is 6.42 Å².